The van der Waals surface area contributed by atoms with E-state index < -0.39 is 11.8 Å². The van der Waals surface area contributed by atoms with Crippen molar-refractivity contribution in [1.82, 2.24) is 0 Å². The van der Waals surface area contributed by atoms with Gasteiger partial charge in [0.25, 0.3) is 0 Å². The van der Waals surface area contributed by atoms with Gasteiger partial charge in [0.05, 0.1) is 19.9 Å². The largest absolute Gasteiger partial charge is 0.497 e. The Bertz CT molecular complexity index is 792. The van der Waals surface area contributed by atoms with Crippen LogP contribution in [-0.2, 0) is 15.0 Å². The zero-order chi connectivity index (χ0) is 19.3. The summed E-state index contributed by atoms with van der Waals surface area (Å²) in [4.78, 5) is 24.3. The fourth-order valence-corrected chi connectivity index (χ4v) is 2.33. The number of benzene rings is 2. The maximum absolute atomic E-state index is 12.2. The molecule has 0 saturated heterocycles. The first-order valence-electron chi connectivity index (χ1n) is 8.19. The third kappa shape index (κ3) is 4.75. The Morgan fingerprint density at radius 3 is 2.00 bits per heavy atom. The van der Waals surface area contributed by atoms with Crippen molar-refractivity contribution in [3.63, 3.8) is 0 Å². The first-order valence-corrected chi connectivity index (χ1v) is 8.19. The van der Waals surface area contributed by atoms with E-state index in [9.17, 15) is 9.59 Å². The van der Waals surface area contributed by atoms with Crippen molar-refractivity contribution in [1.29, 1.82) is 0 Å². The van der Waals surface area contributed by atoms with Crippen LogP contribution in [0.5, 0.6) is 11.5 Å². The van der Waals surface area contributed by atoms with Crippen molar-refractivity contribution in [2.45, 2.75) is 26.2 Å². The minimum absolute atomic E-state index is 0.0167. The number of hydrogen-bond acceptors (Lipinski definition) is 4. The maximum atomic E-state index is 12.2. The van der Waals surface area contributed by atoms with E-state index in [2.05, 4.69) is 31.4 Å². The Morgan fingerprint density at radius 1 is 0.846 bits per heavy atom. The predicted molar refractivity (Wildman–Crippen MR) is 102 cm³/mol. The van der Waals surface area contributed by atoms with Crippen LogP contribution in [0, 0.1) is 0 Å². The summed E-state index contributed by atoms with van der Waals surface area (Å²) < 4.78 is 10.3. The highest BCUT2D eigenvalue weighted by Gasteiger charge is 2.18. The van der Waals surface area contributed by atoms with Crippen LogP contribution in [0.2, 0.25) is 0 Å². The molecule has 0 spiro atoms. The van der Waals surface area contributed by atoms with Crippen molar-refractivity contribution < 1.29 is 19.1 Å². The lowest BCUT2D eigenvalue weighted by atomic mass is 9.87. The first kappa shape index (κ1) is 19.3. The summed E-state index contributed by atoms with van der Waals surface area (Å²) in [5.41, 5.74) is 2.06. The Kier molecular flexibility index (Phi) is 5.87. The van der Waals surface area contributed by atoms with Crippen LogP contribution in [0.1, 0.15) is 26.3 Å². The van der Waals surface area contributed by atoms with Crippen LogP contribution in [0.4, 0.5) is 11.4 Å². The van der Waals surface area contributed by atoms with Gasteiger partial charge >= 0.3 is 11.8 Å². The average Bonchev–Trinajstić information content (AvgIpc) is 2.61. The second-order valence-electron chi connectivity index (χ2n) is 6.80. The number of anilines is 2. The van der Waals surface area contributed by atoms with Crippen molar-refractivity contribution >= 4 is 23.2 Å². The number of methoxy groups -OCH3 is 2. The van der Waals surface area contributed by atoms with Gasteiger partial charge in [-0.2, -0.15) is 0 Å². The summed E-state index contributed by atoms with van der Waals surface area (Å²) in [6.45, 7) is 6.32. The van der Waals surface area contributed by atoms with Crippen molar-refractivity contribution in [2.24, 2.45) is 0 Å². The summed E-state index contributed by atoms with van der Waals surface area (Å²) in [5.74, 6) is -0.587. The molecule has 6 nitrogen and oxygen atoms in total. The quantitative estimate of drug-likeness (QED) is 0.821. The maximum Gasteiger partial charge on any atom is 0.314 e. The molecule has 0 aromatic heterocycles. The van der Waals surface area contributed by atoms with E-state index in [0.29, 0.717) is 22.9 Å². The van der Waals surface area contributed by atoms with E-state index in [-0.39, 0.29) is 5.41 Å². The molecule has 0 fully saturated rings. The third-order valence-electron chi connectivity index (χ3n) is 3.87. The van der Waals surface area contributed by atoms with Gasteiger partial charge in [0.2, 0.25) is 0 Å². The summed E-state index contributed by atoms with van der Waals surface area (Å²) >= 11 is 0. The zero-order valence-corrected chi connectivity index (χ0v) is 15.7. The molecule has 0 radical (unpaired) electrons. The molecule has 2 rings (SSSR count). The molecule has 0 aliphatic carbocycles. The van der Waals surface area contributed by atoms with Crippen molar-refractivity contribution in [2.75, 3.05) is 24.9 Å². The topological polar surface area (TPSA) is 76.7 Å². The Labute approximate surface area is 153 Å². The van der Waals surface area contributed by atoms with Crippen LogP contribution in [0.25, 0.3) is 0 Å². The molecule has 0 saturated carbocycles. The van der Waals surface area contributed by atoms with Gasteiger partial charge in [-0.3, -0.25) is 9.59 Å². The molecule has 6 heteroatoms. The standard InChI is InChI=1S/C20H24N2O4/c1-20(2,3)13-6-8-14(9-7-13)21-18(23)19(24)22-16-12-15(25-4)10-11-17(16)26-5/h6-12H,1-5H3,(H,21,23)(H,22,24). The number of ether oxygens (including phenoxy) is 2. The highest BCUT2D eigenvalue weighted by molar-refractivity contribution is 6.43. The van der Waals surface area contributed by atoms with Gasteiger partial charge in [0.1, 0.15) is 11.5 Å². The number of nitrogens with one attached hydrogen (secondary N) is 2. The highest BCUT2D eigenvalue weighted by atomic mass is 16.5. The monoisotopic (exact) mass is 356 g/mol. The van der Waals surface area contributed by atoms with Crippen LogP contribution in [-0.4, -0.2) is 26.0 Å². The minimum Gasteiger partial charge on any atom is -0.497 e. The molecule has 0 aliphatic heterocycles. The van der Waals surface area contributed by atoms with Crippen molar-refractivity contribution in [3.8, 4) is 11.5 Å². The van der Waals surface area contributed by atoms with E-state index in [1.807, 2.05) is 12.1 Å². The number of hydrogen-bond donors (Lipinski definition) is 2. The van der Waals surface area contributed by atoms with E-state index in [1.165, 1.54) is 14.2 Å². The van der Waals surface area contributed by atoms with Crippen LogP contribution < -0.4 is 20.1 Å². The average molecular weight is 356 g/mol. The van der Waals surface area contributed by atoms with E-state index in [1.54, 1.807) is 30.3 Å². The van der Waals surface area contributed by atoms with Crippen molar-refractivity contribution in [3.05, 3.63) is 48.0 Å². The van der Waals surface area contributed by atoms with Gasteiger partial charge in [-0.15, -0.1) is 0 Å². The summed E-state index contributed by atoms with van der Waals surface area (Å²) in [6.07, 6.45) is 0. The molecule has 0 aliphatic rings. The fourth-order valence-electron chi connectivity index (χ4n) is 2.33. The van der Waals surface area contributed by atoms with Gasteiger partial charge in [-0.1, -0.05) is 32.9 Å². The normalized spacial score (nSPS) is 10.8. The molecule has 26 heavy (non-hydrogen) atoms. The Morgan fingerprint density at radius 2 is 1.46 bits per heavy atom. The molecule has 2 amide bonds. The molecule has 2 aromatic rings. The zero-order valence-electron chi connectivity index (χ0n) is 15.7. The lowest BCUT2D eigenvalue weighted by Crippen LogP contribution is -2.29. The van der Waals surface area contributed by atoms with Gasteiger partial charge in [-0.05, 0) is 35.2 Å². The number of carbonyl (C=O) groups is 2. The van der Waals surface area contributed by atoms with E-state index in [0.717, 1.165) is 5.56 Å². The van der Waals surface area contributed by atoms with Crippen LogP contribution >= 0.6 is 0 Å². The SMILES string of the molecule is COc1ccc(OC)c(NC(=O)C(=O)Nc2ccc(C(C)(C)C)cc2)c1. The lowest BCUT2D eigenvalue weighted by Gasteiger charge is -2.19. The molecular weight excluding hydrogens is 332 g/mol. The van der Waals surface area contributed by atoms with Gasteiger partial charge in [0, 0.05) is 11.8 Å². The van der Waals surface area contributed by atoms with Gasteiger partial charge in [0.15, 0.2) is 0 Å². The molecular formula is C20H24N2O4. The molecule has 0 bridgehead atoms. The van der Waals surface area contributed by atoms with Gasteiger partial charge < -0.3 is 20.1 Å². The highest BCUT2D eigenvalue weighted by Crippen LogP contribution is 2.29. The molecule has 2 aromatic carbocycles. The van der Waals surface area contributed by atoms with E-state index >= 15 is 0 Å². The number of carbonyl (C=O) groups excluding carboxylic acids is 2. The number of rotatable bonds is 4. The molecule has 0 atom stereocenters. The molecule has 2 N–H and O–H groups in total. The molecule has 138 valence electrons. The summed E-state index contributed by atoms with van der Waals surface area (Å²) in [5, 5.41) is 5.12. The fraction of sp³-hybridized carbons (Fsp3) is 0.300. The Balaban J connectivity index is 2.07. The smallest absolute Gasteiger partial charge is 0.314 e. The molecule has 0 heterocycles. The van der Waals surface area contributed by atoms with E-state index in [4.69, 9.17) is 9.47 Å². The lowest BCUT2D eigenvalue weighted by molar-refractivity contribution is -0.133. The first-order chi connectivity index (χ1) is 12.2. The molecule has 0 unspecified atom stereocenters. The number of amides is 2. The summed E-state index contributed by atoms with van der Waals surface area (Å²) in [6, 6.07) is 12.3. The summed E-state index contributed by atoms with van der Waals surface area (Å²) in [7, 11) is 3.00. The Hall–Kier alpha value is -3.02. The van der Waals surface area contributed by atoms with Crippen LogP contribution in [0.15, 0.2) is 42.5 Å². The predicted octanol–water partition coefficient (Wildman–Crippen LogP) is 3.58. The second kappa shape index (κ2) is 7.91. The third-order valence-corrected chi connectivity index (χ3v) is 3.87. The second-order valence-corrected chi connectivity index (χ2v) is 6.80. The van der Waals surface area contributed by atoms with Crippen LogP contribution in [0.3, 0.4) is 0 Å². The van der Waals surface area contributed by atoms with Gasteiger partial charge in [-0.25, -0.2) is 0 Å². The minimum atomic E-state index is -0.795.